The van der Waals surface area contributed by atoms with Crippen molar-refractivity contribution >= 4 is 0 Å². The van der Waals surface area contributed by atoms with Crippen molar-refractivity contribution in [3.8, 4) is 0 Å². The van der Waals surface area contributed by atoms with E-state index in [1.807, 2.05) is 6.07 Å². The Morgan fingerprint density at radius 3 is 2.73 bits per heavy atom. The van der Waals surface area contributed by atoms with E-state index in [0.717, 1.165) is 6.42 Å². The highest BCUT2D eigenvalue weighted by atomic mass is 19.1. The van der Waals surface area contributed by atoms with Gasteiger partial charge in [-0.05, 0) is 53.9 Å². The molecule has 15 heavy (non-hydrogen) atoms. The van der Waals surface area contributed by atoms with Gasteiger partial charge in [0.25, 0.3) is 0 Å². The van der Waals surface area contributed by atoms with Crippen molar-refractivity contribution in [3.63, 3.8) is 0 Å². The monoisotopic (exact) mass is 206 g/mol. The van der Waals surface area contributed by atoms with E-state index in [1.165, 1.54) is 24.0 Å². The summed E-state index contributed by atoms with van der Waals surface area (Å²) in [6, 6.07) is 5.30. The van der Waals surface area contributed by atoms with Gasteiger partial charge in [0.15, 0.2) is 0 Å². The fraction of sp³-hybridized carbons (Fsp3) is 0.571. The van der Waals surface area contributed by atoms with E-state index in [0.29, 0.717) is 5.92 Å². The first-order valence-corrected chi connectivity index (χ1v) is 5.83. The van der Waals surface area contributed by atoms with Crippen molar-refractivity contribution in [2.75, 3.05) is 0 Å². The predicted octanol–water partition coefficient (Wildman–Crippen LogP) is 4.08. The summed E-state index contributed by atoms with van der Waals surface area (Å²) >= 11 is 0. The molecule has 1 aromatic carbocycles. The first-order chi connectivity index (χ1) is 7.04. The Labute approximate surface area is 91.5 Å². The van der Waals surface area contributed by atoms with E-state index >= 15 is 0 Å². The highest BCUT2D eigenvalue weighted by Crippen LogP contribution is 2.42. The quantitative estimate of drug-likeness (QED) is 0.649. The molecule has 1 aliphatic rings. The number of halogens is 1. The van der Waals surface area contributed by atoms with Crippen LogP contribution in [0.25, 0.3) is 0 Å². The minimum Gasteiger partial charge on any atom is -0.207 e. The van der Waals surface area contributed by atoms with Gasteiger partial charge in [0.2, 0.25) is 0 Å². The second-order valence-corrected chi connectivity index (χ2v) is 5.23. The maximum absolute atomic E-state index is 13.3. The largest absolute Gasteiger partial charge is 0.207 e. The summed E-state index contributed by atoms with van der Waals surface area (Å²) in [5, 5.41) is 0. The second-order valence-electron chi connectivity index (χ2n) is 5.23. The van der Waals surface area contributed by atoms with E-state index in [2.05, 4.69) is 20.8 Å². The molecule has 0 saturated heterocycles. The summed E-state index contributed by atoms with van der Waals surface area (Å²) in [6.07, 6.45) is 3.52. The molecule has 0 fully saturated rings. The molecule has 1 heteroatoms. The molecule has 0 aliphatic heterocycles. The lowest BCUT2D eigenvalue weighted by Crippen LogP contribution is -2.33. The molecule has 1 atom stereocenters. The summed E-state index contributed by atoms with van der Waals surface area (Å²) in [5.74, 6) is 0.473. The molecule has 82 valence electrons. The summed E-state index contributed by atoms with van der Waals surface area (Å²) < 4.78 is 13.3. The van der Waals surface area contributed by atoms with Crippen LogP contribution in [0.15, 0.2) is 18.2 Å². The Bertz CT molecular complexity index is 368. The molecule has 1 aliphatic carbocycles. The molecule has 1 unspecified atom stereocenters. The van der Waals surface area contributed by atoms with Gasteiger partial charge in [-0.3, -0.25) is 0 Å². The molecule has 0 amide bonds. The maximum Gasteiger partial charge on any atom is 0.123 e. The number of hydrogen-bond acceptors (Lipinski definition) is 0. The van der Waals surface area contributed by atoms with Crippen molar-refractivity contribution in [2.45, 2.75) is 45.4 Å². The van der Waals surface area contributed by atoms with Gasteiger partial charge in [-0.2, -0.15) is 0 Å². The smallest absolute Gasteiger partial charge is 0.123 e. The number of rotatable bonds is 1. The second kappa shape index (κ2) is 3.62. The number of fused-ring (bicyclic) bond motifs is 1. The van der Waals surface area contributed by atoms with Gasteiger partial charge in [-0.15, -0.1) is 0 Å². The molecular weight excluding hydrogens is 187 g/mol. The van der Waals surface area contributed by atoms with Crippen LogP contribution >= 0.6 is 0 Å². The summed E-state index contributed by atoms with van der Waals surface area (Å²) in [5.41, 5.74) is 2.75. The fourth-order valence-electron chi connectivity index (χ4n) is 2.68. The Morgan fingerprint density at radius 2 is 2.07 bits per heavy atom. The first-order valence-electron chi connectivity index (χ1n) is 5.83. The van der Waals surface area contributed by atoms with Gasteiger partial charge < -0.3 is 0 Å². The van der Waals surface area contributed by atoms with Crippen molar-refractivity contribution in [2.24, 2.45) is 5.92 Å². The van der Waals surface area contributed by atoms with Gasteiger partial charge >= 0.3 is 0 Å². The average molecular weight is 206 g/mol. The number of hydrogen-bond donors (Lipinski definition) is 0. The molecule has 0 radical (unpaired) electrons. The minimum absolute atomic E-state index is 0.0949. The van der Waals surface area contributed by atoms with E-state index in [1.54, 1.807) is 12.1 Å². The third-order valence-corrected chi connectivity index (χ3v) is 4.10. The van der Waals surface area contributed by atoms with Gasteiger partial charge in [0, 0.05) is 0 Å². The van der Waals surface area contributed by atoms with Crippen molar-refractivity contribution < 1.29 is 4.39 Å². The van der Waals surface area contributed by atoms with Crippen molar-refractivity contribution in [1.29, 1.82) is 0 Å². The van der Waals surface area contributed by atoms with Crippen LogP contribution in [0.3, 0.4) is 0 Å². The van der Waals surface area contributed by atoms with Crippen LogP contribution in [-0.4, -0.2) is 0 Å². The summed E-state index contributed by atoms with van der Waals surface area (Å²) in [4.78, 5) is 0. The zero-order chi connectivity index (χ0) is 11.1. The number of aryl methyl sites for hydroxylation is 1. The normalized spacial score (nSPS) is 25.4. The minimum atomic E-state index is -0.0949. The third-order valence-electron chi connectivity index (χ3n) is 4.10. The molecule has 0 aromatic heterocycles. The molecule has 0 bridgehead atoms. The lowest BCUT2D eigenvalue weighted by Gasteiger charge is -2.39. The Kier molecular flexibility index (Phi) is 2.57. The van der Waals surface area contributed by atoms with Crippen molar-refractivity contribution in [3.05, 3.63) is 35.1 Å². The molecule has 0 N–H and O–H groups in total. The van der Waals surface area contributed by atoms with E-state index in [4.69, 9.17) is 0 Å². The topological polar surface area (TPSA) is 0 Å². The van der Waals surface area contributed by atoms with Crippen LogP contribution in [0, 0.1) is 11.7 Å². The van der Waals surface area contributed by atoms with Crippen molar-refractivity contribution in [1.82, 2.24) is 0 Å². The molecule has 0 spiro atoms. The van der Waals surface area contributed by atoms with E-state index in [9.17, 15) is 4.39 Å². The lowest BCUT2D eigenvalue weighted by atomic mass is 9.65. The summed E-state index contributed by atoms with van der Waals surface area (Å²) in [6.45, 7) is 6.75. The maximum atomic E-state index is 13.3. The number of benzene rings is 1. The van der Waals surface area contributed by atoms with Gasteiger partial charge in [-0.1, -0.05) is 26.8 Å². The van der Waals surface area contributed by atoms with Gasteiger partial charge in [0.1, 0.15) is 5.82 Å². The Balaban J connectivity index is 2.54. The molecule has 1 aromatic rings. The van der Waals surface area contributed by atoms with E-state index < -0.39 is 0 Å². The van der Waals surface area contributed by atoms with E-state index in [-0.39, 0.29) is 11.2 Å². The van der Waals surface area contributed by atoms with Crippen LogP contribution in [0.2, 0.25) is 0 Å². The SMILES string of the molecule is CC(C)C1(C)CCCc2ccc(F)cc21. The lowest BCUT2D eigenvalue weighted by molar-refractivity contribution is 0.289. The molecule has 0 nitrogen and oxygen atoms in total. The highest BCUT2D eigenvalue weighted by molar-refractivity contribution is 5.37. The molecule has 0 heterocycles. The highest BCUT2D eigenvalue weighted by Gasteiger charge is 2.34. The van der Waals surface area contributed by atoms with Gasteiger partial charge in [-0.25, -0.2) is 4.39 Å². The molecule has 2 rings (SSSR count). The molecule has 0 saturated carbocycles. The Hall–Kier alpha value is -0.850. The molecular formula is C14H19F. The third kappa shape index (κ3) is 1.68. The van der Waals surface area contributed by atoms with Gasteiger partial charge in [0.05, 0.1) is 0 Å². The summed E-state index contributed by atoms with van der Waals surface area (Å²) in [7, 11) is 0. The zero-order valence-corrected chi connectivity index (χ0v) is 9.81. The zero-order valence-electron chi connectivity index (χ0n) is 9.81. The predicted molar refractivity (Wildman–Crippen MR) is 61.5 cm³/mol. The standard InChI is InChI=1S/C14H19F/c1-10(2)14(3)8-4-5-11-6-7-12(15)9-13(11)14/h6-7,9-10H,4-5,8H2,1-3H3. The fourth-order valence-corrected chi connectivity index (χ4v) is 2.68. The van der Waals surface area contributed by atoms with Crippen LogP contribution in [0.5, 0.6) is 0 Å². The van der Waals surface area contributed by atoms with Crippen LogP contribution < -0.4 is 0 Å². The van der Waals surface area contributed by atoms with Crippen LogP contribution in [0.1, 0.15) is 44.7 Å². The average Bonchev–Trinajstić information content (AvgIpc) is 2.19. The first kappa shape index (κ1) is 10.7. The Morgan fingerprint density at radius 1 is 1.33 bits per heavy atom. The van der Waals surface area contributed by atoms with Crippen LogP contribution in [-0.2, 0) is 11.8 Å². The van der Waals surface area contributed by atoms with Crippen LogP contribution in [0.4, 0.5) is 4.39 Å².